The number of aryl methyl sites for hydroxylation is 1. The van der Waals surface area contributed by atoms with Gasteiger partial charge in [0, 0.05) is 6.04 Å². The van der Waals surface area contributed by atoms with E-state index in [0.29, 0.717) is 0 Å². The minimum atomic E-state index is -0.193. The topological polar surface area (TPSA) is 12.0 Å². The fraction of sp³-hybridized carbons (Fsp3) is 0.294. The van der Waals surface area contributed by atoms with Gasteiger partial charge in [-0.3, -0.25) is 0 Å². The second kappa shape index (κ2) is 5.98. The lowest BCUT2D eigenvalue weighted by atomic mass is 9.94. The summed E-state index contributed by atoms with van der Waals surface area (Å²) in [7, 11) is 1.91. The third-order valence-corrected chi connectivity index (χ3v) is 3.59. The Morgan fingerprint density at radius 2 is 1.79 bits per heavy atom. The van der Waals surface area contributed by atoms with Gasteiger partial charge in [0.25, 0.3) is 0 Å². The van der Waals surface area contributed by atoms with Crippen molar-refractivity contribution in [1.82, 2.24) is 5.32 Å². The predicted octanol–water partition coefficient (Wildman–Crippen LogP) is 4.34. The van der Waals surface area contributed by atoms with E-state index in [1.54, 1.807) is 6.07 Å². The van der Waals surface area contributed by atoms with Crippen LogP contribution in [0, 0.1) is 5.82 Å². The van der Waals surface area contributed by atoms with E-state index in [0.717, 1.165) is 23.1 Å². The van der Waals surface area contributed by atoms with E-state index >= 15 is 0 Å². The molecule has 1 N–H and O–H groups in total. The van der Waals surface area contributed by atoms with Crippen molar-refractivity contribution < 1.29 is 4.39 Å². The zero-order valence-electron chi connectivity index (χ0n) is 11.7. The highest BCUT2D eigenvalue weighted by molar-refractivity contribution is 5.68. The zero-order chi connectivity index (χ0) is 13.8. The first-order valence-electron chi connectivity index (χ1n) is 6.71. The number of hydrogen-bond donors (Lipinski definition) is 1. The molecular weight excluding hydrogens is 237 g/mol. The van der Waals surface area contributed by atoms with E-state index in [4.69, 9.17) is 0 Å². The van der Waals surface area contributed by atoms with Crippen LogP contribution in [-0.4, -0.2) is 7.05 Å². The molecule has 0 fully saturated rings. The van der Waals surface area contributed by atoms with Crippen LogP contribution >= 0.6 is 0 Å². The maximum atomic E-state index is 13.5. The van der Waals surface area contributed by atoms with Gasteiger partial charge in [0.2, 0.25) is 0 Å². The predicted molar refractivity (Wildman–Crippen MR) is 78.7 cm³/mol. The van der Waals surface area contributed by atoms with Crippen molar-refractivity contribution in [2.24, 2.45) is 0 Å². The fourth-order valence-electron chi connectivity index (χ4n) is 2.23. The minimum Gasteiger partial charge on any atom is -0.313 e. The monoisotopic (exact) mass is 257 g/mol. The lowest BCUT2D eigenvalue weighted by Crippen LogP contribution is -2.13. The van der Waals surface area contributed by atoms with Crippen LogP contribution in [0.25, 0.3) is 11.1 Å². The van der Waals surface area contributed by atoms with Crippen LogP contribution in [0.3, 0.4) is 0 Å². The summed E-state index contributed by atoms with van der Waals surface area (Å²) in [5.41, 5.74) is 4.44. The Morgan fingerprint density at radius 3 is 2.37 bits per heavy atom. The maximum absolute atomic E-state index is 13.5. The first-order valence-corrected chi connectivity index (χ1v) is 6.71. The van der Waals surface area contributed by atoms with Crippen LogP contribution in [-0.2, 0) is 6.42 Å². The van der Waals surface area contributed by atoms with E-state index in [1.165, 1.54) is 11.6 Å². The molecule has 0 saturated carbocycles. The van der Waals surface area contributed by atoms with Crippen molar-refractivity contribution in [3.8, 4) is 11.1 Å². The number of nitrogens with one attached hydrogen (secondary N) is 1. The smallest absolute Gasteiger partial charge is 0.123 e. The molecule has 100 valence electrons. The molecule has 0 heterocycles. The van der Waals surface area contributed by atoms with Gasteiger partial charge in [-0.05, 0) is 54.8 Å². The summed E-state index contributed by atoms with van der Waals surface area (Å²) in [6.45, 7) is 4.21. The van der Waals surface area contributed by atoms with Gasteiger partial charge in [-0.1, -0.05) is 37.3 Å². The summed E-state index contributed by atoms with van der Waals surface area (Å²) in [5, 5.41) is 3.21. The van der Waals surface area contributed by atoms with E-state index in [-0.39, 0.29) is 11.9 Å². The van der Waals surface area contributed by atoms with Gasteiger partial charge in [-0.2, -0.15) is 0 Å². The van der Waals surface area contributed by atoms with E-state index in [9.17, 15) is 4.39 Å². The molecule has 0 bridgehead atoms. The molecule has 0 amide bonds. The van der Waals surface area contributed by atoms with Crippen LogP contribution in [0.1, 0.15) is 31.0 Å². The molecule has 19 heavy (non-hydrogen) atoms. The van der Waals surface area contributed by atoms with Crippen molar-refractivity contribution in [3.63, 3.8) is 0 Å². The molecule has 0 aliphatic heterocycles. The minimum absolute atomic E-state index is 0.193. The summed E-state index contributed by atoms with van der Waals surface area (Å²) in [6.07, 6.45) is 1.02. The molecule has 2 rings (SSSR count). The van der Waals surface area contributed by atoms with E-state index < -0.39 is 0 Å². The molecule has 0 aromatic heterocycles. The van der Waals surface area contributed by atoms with Gasteiger partial charge in [0.15, 0.2) is 0 Å². The van der Waals surface area contributed by atoms with Crippen molar-refractivity contribution in [2.45, 2.75) is 26.3 Å². The number of halogens is 1. The third-order valence-electron chi connectivity index (χ3n) is 3.59. The average molecular weight is 257 g/mol. The molecule has 2 heteroatoms. The largest absolute Gasteiger partial charge is 0.313 e. The summed E-state index contributed by atoms with van der Waals surface area (Å²) in [5.74, 6) is -0.193. The molecule has 0 spiro atoms. The first kappa shape index (κ1) is 13.8. The first-order chi connectivity index (χ1) is 9.15. The summed E-state index contributed by atoms with van der Waals surface area (Å²) in [6, 6.07) is 13.5. The lowest BCUT2D eigenvalue weighted by molar-refractivity contribution is 0.620. The fourth-order valence-corrected chi connectivity index (χ4v) is 2.23. The van der Waals surface area contributed by atoms with Crippen LogP contribution in [0.5, 0.6) is 0 Å². The molecule has 1 nitrogen and oxygen atoms in total. The Labute approximate surface area is 114 Å². The van der Waals surface area contributed by atoms with Gasteiger partial charge in [0.05, 0.1) is 0 Å². The maximum Gasteiger partial charge on any atom is 0.123 e. The molecular formula is C17H20FN. The van der Waals surface area contributed by atoms with E-state index in [1.807, 2.05) is 13.1 Å². The Bertz CT molecular complexity index is 546. The lowest BCUT2D eigenvalue weighted by Gasteiger charge is -2.16. The second-order valence-corrected chi connectivity index (χ2v) is 4.79. The van der Waals surface area contributed by atoms with Gasteiger partial charge in [-0.15, -0.1) is 0 Å². The molecule has 2 aromatic rings. The van der Waals surface area contributed by atoms with Gasteiger partial charge >= 0.3 is 0 Å². The van der Waals surface area contributed by atoms with Crippen LogP contribution in [0.2, 0.25) is 0 Å². The van der Waals surface area contributed by atoms with Crippen molar-refractivity contribution in [2.75, 3.05) is 7.05 Å². The Balaban J connectivity index is 2.49. The summed E-state index contributed by atoms with van der Waals surface area (Å²) >= 11 is 0. The molecule has 2 aromatic carbocycles. The summed E-state index contributed by atoms with van der Waals surface area (Å²) in [4.78, 5) is 0. The molecule has 1 unspecified atom stereocenters. The van der Waals surface area contributed by atoms with Crippen molar-refractivity contribution >= 4 is 0 Å². The third kappa shape index (κ3) is 3.02. The van der Waals surface area contributed by atoms with Crippen LogP contribution in [0.15, 0.2) is 42.5 Å². The van der Waals surface area contributed by atoms with Crippen molar-refractivity contribution in [3.05, 3.63) is 59.4 Å². The number of rotatable bonds is 4. The van der Waals surface area contributed by atoms with Crippen molar-refractivity contribution in [1.29, 1.82) is 0 Å². The number of benzene rings is 2. The van der Waals surface area contributed by atoms with Crippen LogP contribution in [0.4, 0.5) is 4.39 Å². The van der Waals surface area contributed by atoms with Crippen LogP contribution < -0.4 is 5.32 Å². The Morgan fingerprint density at radius 1 is 1.11 bits per heavy atom. The zero-order valence-corrected chi connectivity index (χ0v) is 11.7. The number of hydrogen-bond acceptors (Lipinski definition) is 1. The SMILES string of the molecule is CCc1ccc(-c2cc(F)ccc2C(C)NC)cc1. The molecule has 1 atom stereocenters. The van der Waals surface area contributed by atoms with Gasteiger partial charge < -0.3 is 5.32 Å². The Kier molecular flexibility index (Phi) is 4.33. The summed E-state index contributed by atoms with van der Waals surface area (Å²) < 4.78 is 13.5. The normalized spacial score (nSPS) is 12.4. The quantitative estimate of drug-likeness (QED) is 0.859. The highest BCUT2D eigenvalue weighted by Crippen LogP contribution is 2.29. The second-order valence-electron chi connectivity index (χ2n) is 4.79. The highest BCUT2D eigenvalue weighted by Gasteiger charge is 2.11. The van der Waals surface area contributed by atoms with Gasteiger partial charge in [0.1, 0.15) is 5.82 Å². The molecule has 0 saturated heterocycles. The highest BCUT2D eigenvalue weighted by atomic mass is 19.1. The van der Waals surface area contributed by atoms with E-state index in [2.05, 4.69) is 43.4 Å². The molecule has 0 aliphatic rings. The van der Waals surface area contributed by atoms with Gasteiger partial charge in [-0.25, -0.2) is 4.39 Å². The standard InChI is InChI=1S/C17H20FN/c1-4-13-5-7-14(8-6-13)17-11-15(18)9-10-16(17)12(2)19-3/h5-12,19H,4H2,1-3H3. The Hall–Kier alpha value is -1.67. The molecule has 0 aliphatic carbocycles. The molecule has 0 radical (unpaired) electrons. The average Bonchev–Trinajstić information content (AvgIpc) is 2.46.